The van der Waals surface area contributed by atoms with E-state index in [0.29, 0.717) is 31.8 Å². The Morgan fingerprint density at radius 2 is 2.07 bits per heavy atom. The summed E-state index contributed by atoms with van der Waals surface area (Å²) in [4.78, 5) is 31.6. The average molecular weight is 513 g/mol. The molecule has 1 unspecified atom stereocenters. The van der Waals surface area contributed by atoms with Crippen molar-refractivity contribution in [1.82, 2.24) is 15.1 Å². The number of halogens is 1. The van der Waals surface area contributed by atoms with Gasteiger partial charge in [-0.1, -0.05) is 24.3 Å². The lowest BCUT2D eigenvalue weighted by molar-refractivity contribution is -0.128. The Labute approximate surface area is 190 Å². The highest BCUT2D eigenvalue weighted by Crippen LogP contribution is 2.20. The molecule has 1 aromatic carbocycles. The van der Waals surface area contributed by atoms with Gasteiger partial charge in [-0.15, -0.1) is 24.0 Å². The van der Waals surface area contributed by atoms with Crippen molar-refractivity contribution in [2.75, 3.05) is 26.7 Å². The molecule has 0 bridgehead atoms. The highest BCUT2D eigenvalue weighted by Gasteiger charge is 2.23. The molecule has 0 spiro atoms. The monoisotopic (exact) mass is 513 g/mol. The maximum atomic E-state index is 11.8. The summed E-state index contributed by atoms with van der Waals surface area (Å²) >= 11 is 0. The van der Waals surface area contributed by atoms with E-state index in [0.717, 1.165) is 56.0 Å². The second kappa shape index (κ2) is 11.4. The Hall–Kier alpha value is -1.84. The highest BCUT2D eigenvalue weighted by molar-refractivity contribution is 14.0. The minimum absolute atomic E-state index is 0. The number of nitrogens with zero attached hydrogens (tertiary/aromatic N) is 3. The normalized spacial score (nSPS) is 19.8. The van der Waals surface area contributed by atoms with Crippen LogP contribution in [0.1, 0.15) is 43.2 Å². The smallest absolute Gasteiger partial charge is 0.222 e. The Kier molecular flexibility index (Phi) is 9.19. The number of carbonyl (C=O) groups excluding carboxylic acids is 2. The second-order valence-corrected chi connectivity index (χ2v) is 7.76. The number of amides is 2. The first-order chi connectivity index (χ1) is 13.5. The van der Waals surface area contributed by atoms with E-state index in [9.17, 15) is 9.59 Å². The Morgan fingerprint density at radius 3 is 2.76 bits per heavy atom. The molecule has 1 aromatic rings. The number of likely N-dealkylation sites (tertiary alicyclic amines) is 2. The second-order valence-electron chi connectivity index (χ2n) is 7.76. The molecule has 7 nitrogen and oxygen atoms in total. The van der Waals surface area contributed by atoms with Crippen LogP contribution in [0.5, 0.6) is 0 Å². The molecule has 2 heterocycles. The maximum absolute atomic E-state index is 11.8. The molecule has 2 aliphatic rings. The fraction of sp³-hybridized carbons (Fsp3) is 0.571. The number of piperidine rings is 1. The van der Waals surface area contributed by atoms with Gasteiger partial charge in [-0.05, 0) is 36.3 Å². The summed E-state index contributed by atoms with van der Waals surface area (Å²) in [6.07, 6.45) is 4.14. The quantitative estimate of drug-likeness (QED) is 0.346. The fourth-order valence-corrected chi connectivity index (χ4v) is 4.15. The molecule has 8 heteroatoms. The molecule has 2 saturated heterocycles. The van der Waals surface area contributed by atoms with E-state index in [-0.39, 0.29) is 35.8 Å². The lowest BCUT2D eigenvalue weighted by Crippen LogP contribution is -2.46. The van der Waals surface area contributed by atoms with E-state index in [1.165, 1.54) is 0 Å². The highest BCUT2D eigenvalue weighted by atomic mass is 127. The van der Waals surface area contributed by atoms with Crippen molar-refractivity contribution in [2.24, 2.45) is 16.6 Å². The molecule has 1 atom stereocenters. The van der Waals surface area contributed by atoms with Crippen LogP contribution in [0.3, 0.4) is 0 Å². The van der Waals surface area contributed by atoms with Gasteiger partial charge in [-0.3, -0.25) is 14.6 Å². The molecule has 3 N–H and O–H groups in total. The number of aliphatic imine (C=N–C) groups is 1. The van der Waals surface area contributed by atoms with Crippen molar-refractivity contribution in [3.63, 3.8) is 0 Å². The van der Waals surface area contributed by atoms with Gasteiger partial charge in [-0.2, -0.15) is 0 Å². The number of nitrogens with one attached hydrogen (secondary N) is 1. The molecule has 0 saturated carbocycles. The van der Waals surface area contributed by atoms with E-state index in [2.05, 4.69) is 33.4 Å². The van der Waals surface area contributed by atoms with Gasteiger partial charge in [0, 0.05) is 52.6 Å². The standard InChI is InChI=1S/C21H31N5O2.HI/c1-23-21(26-10-3-7-18(15-26)12-19(22)27)24-13-16-5-2-6-17(11-16)14-25-9-4-8-20(25)28;/h2,5-6,11,18H,3-4,7-10,12-15H2,1H3,(H2,22,27)(H,23,24);1H. The van der Waals surface area contributed by atoms with Crippen molar-refractivity contribution in [3.05, 3.63) is 35.4 Å². The van der Waals surface area contributed by atoms with E-state index in [1.54, 1.807) is 7.05 Å². The molecule has 2 amide bonds. The summed E-state index contributed by atoms with van der Waals surface area (Å²) in [6, 6.07) is 8.35. The van der Waals surface area contributed by atoms with Crippen LogP contribution >= 0.6 is 24.0 Å². The SMILES string of the molecule is CN=C(NCc1cccc(CN2CCCC2=O)c1)N1CCCC(CC(N)=O)C1.I. The van der Waals surface area contributed by atoms with Crippen LogP contribution in [-0.2, 0) is 22.7 Å². The van der Waals surface area contributed by atoms with Crippen molar-refractivity contribution >= 4 is 41.8 Å². The first kappa shape index (κ1) is 23.4. The van der Waals surface area contributed by atoms with Gasteiger partial charge in [-0.25, -0.2) is 0 Å². The molecule has 0 radical (unpaired) electrons. The van der Waals surface area contributed by atoms with Crippen LogP contribution in [0.4, 0.5) is 0 Å². The Morgan fingerprint density at radius 1 is 1.28 bits per heavy atom. The van der Waals surface area contributed by atoms with Gasteiger partial charge in [0.2, 0.25) is 11.8 Å². The molecule has 2 fully saturated rings. The first-order valence-electron chi connectivity index (χ1n) is 10.1. The summed E-state index contributed by atoms with van der Waals surface area (Å²) in [6.45, 7) is 3.95. The van der Waals surface area contributed by atoms with Crippen molar-refractivity contribution in [1.29, 1.82) is 0 Å². The predicted molar refractivity (Wildman–Crippen MR) is 125 cm³/mol. The minimum Gasteiger partial charge on any atom is -0.370 e. The van der Waals surface area contributed by atoms with Crippen LogP contribution < -0.4 is 11.1 Å². The number of benzene rings is 1. The summed E-state index contributed by atoms with van der Waals surface area (Å²) in [5.74, 6) is 1.17. The van der Waals surface area contributed by atoms with Crippen molar-refractivity contribution in [3.8, 4) is 0 Å². The lowest BCUT2D eigenvalue weighted by Gasteiger charge is -2.34. The topological polar surface area (TPSA) is 91.0 Å². The van der Waals surface area contributed by atoms with E-state index >= 15 is 0 Å². The minimum atomic E-state index is -0.233. The van der Waals surface area contributed by atoms with Gasteiger partial charge in [0.15, 0.2) is 5.96 Å². The average Bonchev–Trinajstić information content (AvgIpc) is 3.07. The predicted octanol–water partition coefficient (Wildman–Crippen LogP) is 2.09. The number of nitrogens with two attached hydrogens (primary N) is 1. The van der Waals surface area contributed by atoms with Crippen LogP contribution in [-0.4, -0.2) is 54.3 Å². The van der Waals surface area contributed by atoms with Gasteiger partial charge in [0.1, 0.15) is 0 Å². The third kappa shape index (κ3) is 6.87. The third-order valence-electron chi connectivity index (χ3n) is 5.51. The Bertz CT molecular complexity index is 740. The molecular weight excluding hydrogens is 481 g/mol. The van der Waals surface area contributed by atoms with Crippen LogP contribution in [0.2, 0.25) is 0 Å². The molecule has 29 heavy (non-hydrogen) atoms. The maximum Gasteiger partial charge on any atom is 0.222 e. The van der Waals surface area contributed by atoms with Crippen LogP contribution in [0.25, 0.3) is 0 Å². The van der Waals surface area contributed by atoms with Crippen molar-refractivity contribution in [2.45, 2.75) is 45.2 Å². The van der Waals surface area contributed by atoms with Crippen LogP contribution in [0, 0.1) is 5.92 Å². The van der Waals surface area contributed by atoms with Crippen LogP contribution in [0.15, 0.2) is 29.3 Å². The third-order valence-corrected chi connectivity index (χ3v) is 5.51. The number of hydrogen-bond acceptors (Lipinski definition) is 3. The number of primary amides is 1. The zero-order valence-corrected chi connectivity index (χ0v) is 19.4. The summed E-state index contributed by atoms with van der Waals surface area (Å²) in [5, 5.41) is 3.44. The molecule has 2 aliphatic heterocycles. The van der Waals surface area contributed by atoms with E-state index in [4.69, 9.17) is 5.73 Å². The fourth-order valence-electron chi connectivity index (χ4n) is 4.15. The molecule has 3 rings (SSSR count). The summed E-state index contributed by atoms with van der Waals surface area (Å²) < 4.78 is 0. The lowest BCUT2D eigenvalue weighted by atomic mass is 9.95. The van der Waals surface area contributed by atoms with Gasteiger partial charge in [0.05, 0.1) is 0 Å². The van der Waals surface area contributed by atoms with Gasteiger partial charge < -0.3 is 20.9 Å². The number of carbonyl (C=O) groups is 2. The number of rotatable bonds is 6. The molecule has 0 aliphatic carbocycles. The zero-order chi connectivity index (χ0) is 19.9. The molecule has 160 valence electrons. The number of guanidine groups is 1. The molecule has 0 aromatic heterocycles. The van der Waals surface area contributed by atoms with Crippen molar-refractivity contribution < 1.29 is 9.59 Å². The summed E-state index contributed by atoms with van der Waals surface area (Å²) in [5.41, 5.74) is 7.68. The molecular formula is C21H32IN5O2. The van der Waals surface area contributed by atoms with Gasteiger partial charge >= 0.3 is 0 Å². The summed E-state index contributed by atoms with van der Waals surface area (Å²) in [7, 11) is 1.79. The van der Waals surface area contributed by atoms with E-state index < -0.39 is 0 Å². The largest absolute Gasteiger partial charge is 0.370 e. The first-order valence-corrected chi connectivity index (χ1v) is 10.1. The van der Waals surface area contributed by atoms with E-state index in [1.807, 2.05) is 11.0 Å². The number of hydrogen-bond donors (Lipinski definition) is 2. The Balaban J connectivity index is 0.00000300. The zero-order valence-electron chi connectivity index (χ0n) is 17.1. The van der Waals surface area contributed by atoms with Gasteiger partial charge in [0.25, 0.3) is 0 Å².